The molecular formula is C31H36N6O3S. The first kappa shape index (κ1) is 28.5. The van der Waals surface area contributed by atoms with Crippen LogP contribution >= 0.6 is 11.3 Å². The number of benzene rings is 1. The minimum absolute atomic E-state index is 0.119. The van der Waals surface area contributed by atoms with Crippen LogP contribution < -0.4 is 21.1 Å². The Labute approximate surface area is 243 Å². The molecule has 0 atom stereocenters. The number of piperidine rings is 1. The van der Waals surface area contributed by atoms with E-state index < -0.39 is 0 Å². The highest BCUT2D eigenvalue weighted by molar-refractivity contribution is 7.14. The van der Waals surface area contributed by atoms with Crippen LogP contribution in [0, 0.1) is 13.8 Å². The number of pyridine rings is 1. The highest BCUT2D eigenvalue weighted by Gasteiger charge is 2.19. The van der Waals surface area contributed by atoms with Crippen molar-refractivity contribution in [1.82, 2.24) is 14.8 Å². The van der Waals surface area contributed by atoms with Gasteiger partial charge >= 0.3 is 0 Å². The van der Waals surface area contributed by atoms with Crippen molar-refractivity contribution >= 4 is 40.3 Å². The number of thiophene rings is 1. The SMILES string of the molecule is CCCc1cc(C(=O)Nc2cccc(-c3cc(Nc4ccc(N5CCC(O)CC5)nn4)c(=O)n(C)c3)c2C)sc1C. The summed E-state index contributed by atoms with van der Waals surface area (Å²) in [6, 6.07) is 13.3. The number of hydrogen-bond acceptors (Lipinski definition) is 8. The van der Waals surface area contributed by atoms with Gasteiger partial charge < -0.3 is 25.2 Å². The number of aliphatic hydroxyl groups excluding tert-OH is 1. The van der Waals surface area contributed by atoms with E-state index in [1.807, 2.05) is 37.3 Å². The summed E-state index contributed by atoms with van der Waals surface area (Å²) >= 11 is 1.52. The second kappa shape index (κ2) is 12.2. The minimum atomic E-state index is -0.256. The van der Waals surface area contributed by atoms with Crippen LogP contribution in [0.1, 0.15) is 51.9 Å². The normalized spacial score (nSPS) is 13.8. The van der Waals surface area contributed by atoms with Gasteiger partial charge in [-0.1, -0.05) is 25.5 Å². The predicted octanol–water partition coefficient (Wildman–Crippen LogP) is 5.43. The molecule has 0 aliphatic carbocycles. The Bertz CT molecular complexity index is 1600. The van der Waals surface area contributed by atoms with Gasteiger partial charge in [-0.2, -0.15) is 0 Å². The summed E-state index contributed by atoms with van der Waals surface area (Å²) < 4.78 is 1.53. The van der Waals surface area contributed by atoms with E-state index in [9.17, 15) is 14.7 Å². The maximum Gasteiger partial charge on any atom is 0.274 e. The average Bonchev–Trinajstić information content (AvgIpc) is 3.33. The second-order valence-electron chi connectivity index (χ2n) is 10.6. The van der Waals surface area contributed by atoms with Gasteiger partial charge in [0.1, 0.15) is 5.69 Å². The number of carbonyl (C=O) groups is 1. The summed E-state index contributed by atoms with van der Waals surface area (Å²) in [7, 11) is 1.71. The number of aryl methyl sites for hydroxylation is 3. The molecule has 41 heavy (non-hydrogen) atoms. The Morgan fingerprint density at radius 2 is 1.88 bits per heavy atom. The van der Waals surface area contributed by atoms with Gasteiger partial charge in [-0.15, -0.1) is 21.5 Å². The molecule has 9 nitrogen and oxygen atoms in total. The lowest BCUT2D eigenvalue weighted by atomic mass is 10.00. The molecule has 10 heteroatoms. The summed E-state index contributed by atoms with van der Waals surface area (Å²) in [5.41, 5.74) is 4.78. The number of amides is 1. The topological polar surface area (TPSA) is 112 Å². The molecule has 3 aromatic heterocycles. The fraction of sp³-hybridized carbons (Fsp3) is 0.355. The van der Waals surface area contributed by atoms with E-state index in [1.165, 1.54) is 26.3 Å². The summed E-state index contributed by atoms with van der Waals surface area (Å²) in [5, 5.41) is 24.6. The number of aliphatic hydroxyl groups is 1. The minimum Gasteiger partial charge on any atom is -0.393 e. The lowest BCUT2D eigenvalue weighted by Crippen LogP contribution is -2.36. The molecule has 1 aliphatic heterocycles. The second-order valence-corrected chi connectivity index (χ2v) is 11.8. The van der Waals surface area contributed by atoms with Crippen molar-refractivity contribution in [2.45, 2.75) is 52.6 Å². The maximum atomic E-state index is 13.1. The van der Waals surface area contributed by atoms with Crippen molar-refractivity contribution in [2.24, 2.45) is 7.05 Å². The third-order valence-corrected chi connectivity index (χ3v) is 8.63. The van der Waals surface area contributed by atoms with Gasteiger partial charge in [0, 0.05) is 42.5 Å². The highest BCUT2D eigenvalue weighted by Crippen LogP contribution is 2.31. The number of carbonyl (C=O) groups excluding carboxylic acids is 1. The van der Waals surface area contributed by atoms with Crippen molar-refractivity contribution < 1.29 is 9.90 Å². The van der Waals surface area contributed by atoms with Crippen molar-refractivity contribution in [3.8, 4) is 11.1 Å². The maximum absolute atomic E-state index is 13.1. The van der Waals surface area contributed by atoms with Crippen LogP contribution in [0.15, 0.2) is 53.5 Å². The molecule has 3 N–H and O–H groups in total. The van der Waals surface area contributed by atoms with Gasteiger partial charge in [0.05, 0.1) is 11.0 Å². The third-order valence-electron chi connectivity index (χ3n) is 7.54. The van der Waals surface area contributed by atoms with Crippen molar-refractivity contribution in [3.05, 3.63) is 79.9 Å². The molecule has 4 aromatic rings. The Balaban J connectivity index is 1.36. The fourth-order valence-electron chi connectivity index (χ4n) is 5.16. The van der Waals surface area contributed by atoms with Gasteiger partial charge in [-0.25, -0.2) is 0 Å². The third kappa shape index (κ3) is 6.34. The first-order valence-electron chi connectivity index (χ1n) is 14.0. The monoisotopic (exact) mass is 572 g/mol. The molecule has 0 bridgehead atoms. The zero-order valence-corrected chi connectivity index (χ0v) is 24.7. The Kier molecular flexibility index (Phi) is 8.51. The van der Waals surface area contributed by atoms with Crippen LogP contribution in [0.3, 0.4) is 0 Å². The molecule has 0 spiro atoms. The fourth-order valence-corrected chi connectivity index (χ4v) is 6.13. The zero-order valence-electron chi connectivity index (χ0n) is 23.9. The molecule has 0 unspecified atom stereocenters. The Morgan fingerprint density at radius 3 is 2.59 bits per heavy atom. The molecule has 4 heterocycles. The van der Waals surface area contributed by atoms with E-state index in [4.69, 9.17) is 0 Å². The Hall–Kier alpha value is -4.02. The number of nitrogens with one attached hydrogen (secondary N) is 2. The molecule has 1 saturated heterocycles. The molecular weight excluding hydrogens is 536 g/mol. The standard InChI is InChI=1S/C31H36N6O3S/c1-5-7-21-17-27(41-20(21)3)30(39)33-25-9-6-8-24(19(25)2)22-16-26(31(40)36(4)18-22)32-28-10-11-29(35-34-28)37-14-12-23(38)13-15-37/h6,8-11,16-18,23,38H,5,7,12-15H2,1-4H3,(H,32,34)(H,33,39). The zero-order chi connectivity index (χ0) is 29.1. The first-order valence-corrected chi connectivity index (χ1v) is 14.8. The number of nitrogens with zero attached hydrogens (tertiary/aromatic N) is 4. The van der Waals surface area contributed by atoms with Crippen LogP contribution in [0.5, 0.6) is 0 Å². The van der Waals surface area contributed by atoms with Gasteiger partial charge in [0.25, 0.3) is 11.5 Å². The van der Waals surface area contributed by atoms with Crippen LogP contribution in [0.25, 0.3) is 11.1 Å². The van der Waals surface area contributed by atoms with Gasteiger partial charge in [-0.05, 0) is 80.1 Å². The molecule has 0 radical (unpaired) electrons. The van der Waals surface area contributed by atoms with E-state index in [2.05, 4.69) is 39.6 Å². The van der Waals surface area contributed by atoms with Crippen molar-refractivity contribution in [1.29, 1.82) is 0 Å². The van der Waals surface area contributed by atoms with Crippen LogP contribution in [-0.2, 0) is 13.5 Å². The van der Waals surface area contributed by atoms with E-state index in [0.29, 0.717) is 29.2 Å². The average molecular weight is 573 g/mol. The summed E-state index contributed by atoms with van der Waals surface area (Å²) in [6.07, 6.45) is 4.96. The first-order chi connectivity index (χ1) is 19.7. The lowest BCUT2D eigenvalue weighted by molar-refractivity contribution is 0.103. The molecule has 1 amide bonds. The van der Waals surface area contributed by atoms with E-state index in [0.717, 1.165) is 54.1 Å². The van der Waals surface area contributed by atoms with Crippen LogP contribution in [0.4, 0.5) is 23.0 Å². The molecule has 214 valence electrons. The number of rotatable bonds is 8. The number of hydrogen-bond donors (Lipinski definition) is 3. The van der Waals surface area contributed by atoms with Crippen molar-refractivity contribution in [3.63, 3.8) is 0 Å². The molecule has 5 rings (SSSR count). The summed E-state index contributed by atoms with van der Waals surface area (Å²) in [4.78, 5) is 30.1. The highest BCUT2D eigenvalue weighted by atomic mass is 32.1. The smallest absolute Gasteiger partial charge is 0.274 e. The lowest BCUT2D eigenvalue weighted by Gasteiger charge is -2.30. The van der Waals surface area contributed by atoms with Crippen molar-refractivity contribution in [2.75, 3.05) is 28.6 Å². The van der Waals surface area contributed by atoms with Gasteiger partial charge in [-0.3, -0.25) is 9.59 Å². The largest absolute Gasteiger partial charge is 0.393 e. The Morgan fingerprint density at radius 1 is 1.10 bits per heavy atom. The van der Waals surface area contributed by atoms with Crippen LogP contribution in [-0.4, -0.2) is 45.0 Å². The van der Waals surface area contributed by atoms with Crippen LogP contribution in [0.2, 0.25) is 0 Å². The number of anilines is 4. The predicted molar refractivity (Wildman–Crippen MR) is 166 cm³/mol. The molecule has 1 aromatic carbocycles. The summed E-state index contributed by atoms with van der Waals surface area (Å²) in [6.45, 7) is 7.63. The van der Waals surface area contributed by atoms with Gasteiger partial charge in [0.15, 0.2) is 11.6 Å². The van der Waals surface area contributed by atoms with E-state index in [-0.39, 0.29) is 17.6 Å². The number of aromatic nitrogens is 3. The molecule has 1 fully saturated rings. The molecule has 1 aliphatic rings. The summed E-state index contributed by atoms with van der Waals surface area (Å²) in [5.74, 6) is 1.09. The molecule has 0 saturated carbocycles. The van der Waals surface area contributed by atoms with E-state index >= 15 is 0 Å². The van der Waals surface area contributed by atoms with E-state index in [1.54, 1.807) is 25.4 Å². The van der Waals surface area contributed by atoms with Gasteiger partial charge in [0.2, 0.25) is 0 Å². The quantitative estimate of drug-likeness (QED) is 0.258.